The Kier molecular flexibility index (Phi) is 4.07. The highest BCUT2D eigenvalue weighted by atomic mass is 19.2. The number of benzene rings is 1. The molecule has 1 fully saturated rings. The zero-order valence-corrected chi connectivity index (χ0v) is 9.53. The zero-order chi connectivity index (χ0) is 12.3. The van der Waals surface area contributed by atoms with Gasteiger partial charge in [0.15, 0.2) is 11.6 Å². The third kappa shape index (κ3) is 3.23. The van der Waals surface area contributed by atoms with Crippen molar-refractivity contribution in [2.24, 2.45) is 5.92 Å². The molecule has 94 valence electrons. The van der Waals surface area contributed by atoms with E-state index >= 15 is 0 Å². The first-order chi connectivity index (χ1) is 8.16. The normalized spacial score (nSPS) is 19.2. The van der Waals surface area contributed by atoms with Crippen LogP contribution in [0.1, 0.15) is 30.9 Å². The molecular weight excluding hydrogens is 226 g/mol. The van der Waals surface area contributed by atoms with Crippen LogP contribution in [-0.2, 0) is 4.74 Å². The minimum Gasteiger partial charge on any atom is -0.388 e. The second-order valence-electron chi connectivity index (χ2n) is 4.48. The monoisotopic (exact) mass is 242 g/mol. The Morgan fingerprint density at radius 1 is 1.24 bits per heavy atom. The summed E-state index contributed by atoms with van der Waals surface area (Å²) in [6, 6.07) is 3.56. The topological polar surface area (TPSA) is 29.5 Å². The number of hydrogen-bond donors (Lipinski definition) is 1. The van der Waals surface area contributed by atoms with E-state index < -0.39 is 17.7 Å². The summed E-state index contributed by atoms with van der Waals surface area (Å²) in [5, 5.41) is 9.96. The van der Waals surface area contributed by atoms with Crippen LogP contribution in [0, 0.1) is 17.6 Å². The van der Waals surface area contributed by atoms with Crippen LogP contribution in [0.5, 0.6) is 0 Å². The molecule has 0 saturated carbocycles. The van der Waals surface area contributed by atoms with Crippen molar-refractivity contribution in [2.45, 2.75) is 25.4 Å². The Labute approximate surface area is 99.2 Å². The van der Waals surface area contributed by atoms with E-state index in [4.69, 9.17) is 4.74 Å². The van der Waals surface area contributed by atoms with Crippen molar-refractivity contribution < 1.29 is 18.6 Å². The molecule has 1 aromatic carbocycles. The smallest absolute Gasteiger partial charge is 0.159 e. The molecule has 0 spiro atoms. The maximum Gasteiger partial charge on any atom is 0.159 e. The van der Waals surface area contributed by atoms with Gasteiger partial charge in [0.25, 0.3) is 0 Å². The van der Waals surface area contributed by atoms with Crippen LogP contribution in [0.4, 0.5) is 8.78 Å². The Morgan fingerprint density at radius 2 is 1.94 bits per heavy atom. The molecule has 4 heteroatoms. The molecule has 0 bridgehead atoms. The van der Waals surface area contributed by atoms with Gasteiger partial charge in [-0.3, -0.25) is 0 Å². The van der Waals surface area contributed by atoms with Crippen molar-refractivity contribution in [1.82, 2.24) is 0 Å². The van der Waals surface area contributed by atoms with Gasteiger partial charge in [-0.25, -0.2) is 8.78 Å². The molecule has 1 heterocycles. The summed E-state index contributed by atoms with van der Waals surface area (Å²) in [5.74, 6) is -1.40. The molecule has 1 unspecified atom stereocenters. The lowest BCUT2D eigenvalue weighted by atomic mass is 9.91. The Morgan fingerprint density at radius 3 is 2.59 bits per heavy atom. The van der Waals surface area contributed by atoms with Gasteiger partial charge >= 0.3 is 0 Å². The second-order valence-corrected chi connectivity index (χ2v) is 4.48. The maximum absolute atomic E-state index is 13.0. The molecule has 2 nitrogen and oxygen atoms in total. The predicted molar refractivity (Wildman–Crippen MR) is 59.5 cm³/mol. The van der Waals surface area contributed by atoms with Crippen LogP contribution < -0.4 is 0 Å². The maximum atomic E-state index is 13.0. The molecule has 1 aromatic rings. The molecule has 0 aromatic heterocycles. The minimum atomic E-state index is -0.909. The third-order valence-electron chi connectivity index (χ3n) is 3.23. The van der Waals surface area contributed by atoms with Crippen LogP contribution in [0.3, 0.4) is 0 Å². The molecule has 0 aliphatic carbocycles. The van der Waals surface area contributed by atoms with Gasteiger partial charge in [-0.05, 0) is 42.9 Å². The van der Waals surface area contributed by atoms with E-state index in [0.717, 1.165) is 38.2 Å². The van der Waals surface area contributed by atoms with Crippen LogP contribution in [0.2, 0.25) is 0 Å². The van der Waals surface area contributed by atoms with Crippen LogP contribution in [0.15, 0.2) is 18.2 Å². The first-order valence-electron chi connectivity index (χ1n) is 5.87. The van der Waals surface area contributed by atoms with Crippen molar-refractivity contribution in [3.63, 3.8) is 0 Å². The molecule has 1 atom stereocenters. The Hall–Kier alpha value is -1.00. The van der Waals surface area contributed by atoms with Gasteiger partial charge < -0.3 is 9.84 Å². The van der Waals surface area contributed by atoms with Gasteiger partial charge in [-0.15, -0.1) is 0 Å². The molecule has 1 saturated heterocycles. The lowest BCUT2D eigenvalue weighted by molar-refractivity contribution is 0.0434. The van der Waals surface area contributed by atoms with Crippen molar-refractivity contribution >= 4 is 0 Å². The van der Waals surface area contributed by atoms with Crippen LogP contribution >= 0.6 is 0 Å². The van der Waals surface area contributed by atoms with Gasteiger partial charge in [0, 0.05) is 13.2 Å². The van der Waals surface area contributed by atoms with E-state index in [1.165, 1.54) is 6.07 Å². The summed E-state index contributed by atoms with van der Waals surface area (Å²) in [6.07, 6.45) is 1.68. The van der Waals surface area contributed by atoms with Crippen molar-refractivity contribution in [1.29, 1.82) is 0 Å². The van der Waals surface area contributed by atoms with E-state index in [1.807, 2.05) is 0 Å². The quantitative estimate of drug-likeness (QED) is 0.883. The largest absolute Gasteiger partial charge is 0.388 e. The molecule has 0 amide bonds. The first kappa shape index (κ1) is 12.5. The molecule has 1 N–H and O–H groups in total. The summed E-state index contributed by atoms with van der Waals surface area (Å²) < 4.78 is 31.0. The van der Waals surface area contributed by atoms with Gasteiger partial charge in [0.05, 0.1) is 6.10 Å². The fourth-order valence-corrected chi connectivity index (χ4v) is 2.15. The fourth-order valence-electron chi connectivity index (χ4n) is 2.15. The summed E-state index contributed by atoms with van der Waals surface area (Å²) in [7, 11) is 0. The Bertz CT molecular complexity index is 376. The van der Waals surface area contributed by atoms with Gasteiger partial charge in [0.1, 0.15) is 0 Å². The highest BCUT2D eigenvalue weighted by Crippen LogP contribution is 2.28. The Balaban J connectivity index is 1.98. The number of aliphatic hydroxyl groups is 1. The molecule has 0 radical (unpaired) electrons. The number of ether oxygens (including phenoxy) is 1. The average molecular weight is 242 g/mol. The van der Waals surface area contributed by atoms with E-state index in [0.29, 0.717) is 17.9 Å². The van der Waals surface area contributed by atoms with E-state index in [-0.39, 0.29) is 0 Å². The first-order valence-corrected chi connectivity index (χ1v) is 5.87. The second kappa shape index (κ2) is 5.56. The highest BCUT2D eigenvalue weighted by Gasteiger charge is 2.19. The summed E-state index contributed by atoms with van der Waals surface area (Å²) in [6.45, 7) is 1.43. The number of aliphatic hydroxyl groups excluding tert-OH is 1. The number of hydrogen-bond acceptors (Lipinski definition) is 2. The van der Waals surface area contributed by atoms with Crippen LogP contribution in [0.25, 0.3) is 0 Å². The zero-order valence-electron chi connectivity index (χ0n) is 9.53. The van der Waals surface area contributed by atoms with Gasteiger partial charge in [0.2, 0.25) is 0 Å². The van der Waals surface area contributed by atoms with E-state index in [1.54, 1.807) is 0 Å². The summed E-state index contributed by atoms with van der Waals surface area (Å²) in [5.41, 5.74) is 0.440. The van der Waals surface area contributed by atoms with E-state index in [2.05, 4.69) is 0 Å². The molecule has 2 rings (SSSR count). The molecular formula is C13H16F2O2. The van der Waals surface area contributed by atoms with Gasteiger partial charge in [-0.2, -0.15) is 0 Å². The summed E-state index contributed by atoms with van der Waals surface area (Å²) >= 11 is 0. The van der Waals surface area contributed by atoms with Crippen molar-refractivity contribution in [2.75, 3.05) is 13.2 Å². The van der Waals surface area contributed by atoms with Gasteiger partial charge in [-0.1, -0.05) is 6.07 Å². The lowest BCUT2D eigenvalue weighted by Gasteiger charge is -2.24. The lowest BCUT2D eigenvalue weighted by Crippen LogP contribution is -2.18. The van der Waals surface area contributed by atoms with Crippen LogP contribution in [-0.4, -0.2) is 18.3 Å². The number of halogens is 2. The minimum absolute atomic E-state index is 0.395. The van der Waals surface area contributed by atoms with Crippen molar-refractivity contribution in [3.8, 4) is 0 Å². The third-order valence-corrected chi connectivity index (χ3v) is 3.23. The SMILES string of the molecule is OC(CC1CCOCC1)c1ccc(F)c(F)c1. The van der Waals surface area contributed by atoms with E-state index in [9.17, 15) is 13.9 Å². The predicted octanol–water partition coefficient (Wildman–Crippen LogP) is 2.81. The number of rotatable bonds is 3. The van der Waals surface area contributed by atoms with Crippen molar-refractivity contribution in [3.05, 3.63) is 35.4 Å². The molecule has 1 aliphatic rings. The highest BCUT2D eigenvalue weighted by molar-refractivity contribution is 5.20. The summed E-state index contributed by atoms with van der Waals surface area (Å²) in [4.78, 5) is 0. The molecule has 17 heavy (non-hydrogen) atoms. The molecule has 1 aliphatic heterocycles. The standard InChI is InChI=1S/C13H16F2O2/c14-11-2-1-10(8-12(11)15)13(16)7-9-3-5-17-6-4-9/h1-2,8-9,13,16H,3-7H2. The fraction of sp³-hybridized carbons (Fsp3) is 0.538. The average Bonchev–Trinajstić information content (AvgIpc) is 2.34.